The van der Waals surface area contributed by atoms with Crippen LogP contribution in [0.2, 0.25) is 0 Å². The lowest BCUT2D eigenvalue weighted by molar-refractivity contribution is 0.311. The predicted octanol–water partition coefficient (Wildman–Crippen LogP) is 0.0764. The second-order valence-corrected chi connectivity index (χ2v) is 5.58. The van der Waals surface area contributed by atoms with Crippen LogP contribution in [0.25, 0.3) is 0 Å². The highest BCUT2D eigenvalue weighted by Gasteiger charge is 2.11. The van der Waals surface area contributed by atoms with Crippen LogP contribution in [-0.4, -0.2) is 44.5 Å². The topological polar surface area (TPSA) is 104 Å². The summed E-state index contributed by atoms with van der Waals surface area (Å²) in [7, 11) is 0.962. The van der Waals surface area contributed by atoms with Crippen molar-refractivity contribution in [3.8, 4) is 0 Å². The van der Waals surface area contributed by atoms with Gasteiger partial charge in [0, 0.05) is 18.4 Å². The summed E-state index contributed by atoms with van der Waals surface area (Å²) in [5, 5.41) is 14.4. The number of nitrogens with one attached hydrogen (secondary N) is 2. The molecule has 2 aromatic rings. The fraction of sp³-hybridized carbons (Fsp3) is 0.167. The van der Waals surface area contributed by atoms with E-state index in [1.807, 2.05) is 0 Å². The molecule has 0 fully saturated rings. The summed E-state index contributed by atoms with van der Waals surface area (Å²) < 4.78 is 34.2. The smallest absolute Gasteiger partial charge is 0.332 e. The van der Waals surface area contributed by atoms with E-state index in [0.29, 0.717) is 17.0 Å². The molecule has 1 aromatic heterocycles. The molecule has 2 rings (SSSR count). The van der Waals surface area contributed by atoms with Gasteiger partial charge in [-0.2, -0.15) is 13.4 Å². The number of rotatable bonds is 6. The van der Waals surface area contributed by atoms with Gasteiger partial charge in [-0.05, 0) is 29.7 Å². The van der Waals surface area contributed by atoms with Gasteiger partial charge in [-0.15, -0.1) is 3.89 Å². The summed E-state index contributed by atoms with van der Waals surface area (Å²) in [6, 6.07) is 5.01. The Balaban J connectivity index is 2.16. The van der Waals surface area contributed by atoms with E-state index >= 15 is 0 Å². The molecule has 1 heterocycles. The lowest BCUT2D eigenvalue weighted by Crippen LogP contribution is -2.18. The van der Waals surface area contributed by atoms with Gasteiger partial charge in [-0.1, -0.05) is 0 Å². The van der Waals surface area contributed by atoms with E-state index in [2.05, 4.69) is 20.6 Å². The number of benzene rings is 1. The first-order valence-electron chi connectivity index (χ1n) is 6.19. The fourth-order valence-electron chi connectivity index (χ4n) is 1.60. The number of anilines is 3. The molecule has 22 heavy (non-hydrogen) atoms. The monoisotopic (exact) mass is 322 g/mol. The van der Waals surface area contributed by atoms with Crippen LogP contribution in [0, 0.1) is 0 Å². The number of nitrogens with zero attached hydrogens (tertiary/aromatic N) is 2. The Morgan fingerprint density at radius 1 is 1.27 bits per heavy atom. The van der Waals surface area contributed by atoms with Crippen molar-refractivity contribution in [2.75, 3.05) is 23.8 Å². The van der Waals surface area contributed by atoms with Crippen LogP contribution in [-0.2, 0) is 10.2 Å². The molecule has 0 aliphatic heterocycles. The zero-order valence-corrected chi connectivity index (χ0v) is 12.1. The van der Waals surface area contributed by atoms with Crippen molar-refractivity contribution in [2.24, 2.45) is 0 Å². The lowest BCUT2D eigenvalue weighted by Gasteiger charge is -2.10. The number of halogens is 1. The Hall–Kier alpha value is -2.20. The van der Waals surface area contributed by atoms with E-state index in [4.69, 9.17) is 13.0 Å². The van der Waals surface area contributed by atoms with E-state index < -0.39 is 15.1 Å². The van der Waals surface area contributed by atoms with E-state index in [1.54, 1.807) is 0 Å². The Morgan fingerprint density at radius 2 is 1.95 bits per heavy atom. The Kier molecular flexibility index (Phi) is 4.94. The van der Waals surface area contributed by atoms with Crippen LogP contribution in [0.1, 0.15) is 0 Å². The largest absolute Gasteiger partial charge is 0.395 e. The zero-order chi connectivity index (χ0) is 16.2. The molecule has 0 unspecified atom stereocenters. The average molecular weight is 322 g/mol. The van der Waals surface area contributed by atoms with Crippen LogP contribution < -0.4 is 16.1 Å². The fourth-order valence-corrected chi connectivity index (χ4v) is 2.06. The quantitative estimate of drug-likeness (QED) is 0.511. The molecular formula is C12H12BFN4O3S. The molecule has 2 radical (unpaired) electrons. The Morgan fingerprint density at radius 3 is 2.55 bits per heavy atom. The van der Waals surface area contributed by atoms with Gasteiger partial charge in [0.1, 0.15) is 13.7 Å². The van der Waals surface area contributed by atoms with Crippen LogP contribution >= 0.6 is 0 Å². The molecule has 0 amide bonds. The normalized spacial score (nSPS) is 11.2. The van der Waals surface area contributed by atoms with Gasteiger partial charge < -0.3 is 15.7 Å². The molecular weight excluding hydrogens is 310 g/mol. The summed E-state index contributed by atoms with van der Waals surface area (Å²) in [4.78, 5) is 7.66. The number of hydrogen-bond acceptors (Lipinski definition) is 7. The summed E-state index contributed by atoms with van der Waals surface area (Å²) in [6.07, 6.45) is 1.38. The molecule has 0 atom stereocenters. The average Bonchev–Trinajstić information content (AvgIpc) is 2.47. The second-order valence-electron chi connectivity index (χ2n) is 4.24. The zero-order valence-electron chi connectivity index (χ0n) is 11.3. The first-order valence-corrected chi connectivity index (χ1v) is 7.57. The van der Waals surface area contributed by atoms with Gasteiger partial charge in [-0.25, -0.2) is 4.98 Å². The molecule has 0 aliphatic rings. The highest BCUT2D eigenvalue weighted by atomic mass is 32.3. The van der Waals surface area contributed by atoms with Crippen LogP contribution in [0.5, 0.6) is 0 Å². The molecule has 1 aromatic carbocycles. The molecule has 0 aliphatic carbocycles. The van der Waals surface area contributed by atoms with Gasteiger partial charge >= 0.3 is 10.2 Å². The van der Waals surface area contributed by atoms with Gasteiger partial charge in [0.2, 0.25) is 5.95 Å². The number of aromatic nitrogens is 2. The van der Waals surface area contributed by atoms with Crippen molar-refractivity contribution in [1.82, 2.24) is 9.97 Å². The maximum atomic E-state index is 12.8. The third-order valence-corrected chi connectivity index (χ3v) is 3.45. The Bertz CT molecular complexity index is 755. The third-order valence-electron chi connectivity index (χ3n) is 2.61. The molecule has 7 nitrogen and oxygen atoms in total. The van der Waals surface area contributed by atoms with Gasteiger partial charge in [0.15, 0.2) is 0 Å². The number of aliphatic hydroxyl groups is 1. The minimum Gasteiger partial charge on any atom is -0.395 e. The first-order chi connectivity index (χ1) is 10.4. The van der Waals surface area contributed by atoms with Gasteiger partial charge in [-0.3, -0.25) is 0 Å². The summed E-state index contributed by atoms with van der Waals surface area (Å²) in [6.45, 7) is 0.203. The van der Waals surface area contributed by atoms with E-state index in [1.165, 1.54) is 18.3 Å². The lowest BCUT2D eigenvalue weighted by atomic mass is 9.99. The summed E-state index contributed by atoms with van der Waals surface area (Å²) in [5.74, 6) is 0.569. The van der Waals surface area contributed by atoms with Gasteiger partial charge in [0.05, 0.1) is 11.5 Å². The summed E-state index contributed by atoms with van der Waals surface area (Å²) in [5.41, 5.74) is 0.795. The van der Waals surface area contributed by atoms with Crippen molar-refractivity contribution >= 4 is 41.0 Å². The van der Waals surface area contributed by atoms with Crippen molar-refractivity contribution in [3.05, 3.63) is 30.5 Å². The van der Waals surface area contributed by atoms with Gasteiger partial charge in [0.25, 0.3) is 0 Å². The maximum absolute atomic E-state index is 12.8. The van der Waals surface area contributed by atoms with Crippen molar-refractivity contribution < 1.29 is 17.4 Å². The highest BCUT2D eigenvalue weighted by molar-refractivity contribution is 7.86. The number of aliphatic hydroxyl groups excluding tert-OH is 1. The molecule has 3 N–H and O–H groups in total. The standard InChI is InChI=1S/C12H12BFN4O3S/c13-10-7-16-12(18-11(10)15-5-6-19)17-8-1-3-9(4-2-8)22(14,20)21/h1-4,7,19H,5-6H2,(H2,15,16,17,18). The molecule has 0 saturated heterocycles. The molecule has 10 heteroatoms. The Labute approximate surface area is 128 Å². The van der Waals surface area contributed by atoms with Crippen molar-refractivity contribution in [1.29, 1.82) is 0 Å². The SMILES string of the molecule is [B]c1cnc(Nc2ccc(S(=O)(=O)F)cc2)nc1NCCO. The van der Waals surface area contributed by atoms with E-state index in [-0.39, 0.29) is 19.1 Å². The van der Waals surface area contributed by atoms with Crippen LogP contribution in [0.15, 0.2) is 35.4 Å². The molecule has 114 valence electrons. The van der Waals surface area contributed by atoms with Crippen molar-refractivity contribution in [3.63, 3.8) is 0 Å². The second kappa shape index (κ2) is 6.71. The highest BCUT2D eigenvalue weighted by Crippen LogP contribution is 2.18. The van der Waals surface area contributed by atoms with E-state index in [9.17, 15) is 12.3 Å². The maximum Gasteiger partial charge on any atom is 0.332 e. The van der Waals surface area contributed by atoms with Crippen LogP contribution in [0.3, 0.4) is 0 Å². The molecule has 0 saturated carbocycles. The van der Waals surface area contributed by atoms with Crippen LogP contribution in [0.4, 0.5) is 21.3 Å². The first kappa shape index (κ1) is 16.2. The molecule has 0 bridgehead atoms. The third kappa shape index (κ3) is 4.15. The van der Waals surface area contributed by atoms with Crippen molar-refractivity contribution in [2.45, 2.75) is 4.90 Å². The van der Waals surface area contributed by atoms with E-state index in [0.717, 1.165) is 12.1 Å². The molecule has 0 spiro atoms. The minimum absolute atomic E-state index is 0.0780. The predicted molar refractivity (Wildman–Crippen MR) is 81.0 cm³/mol. The number of hydrogen-bond donors (Lipinski definition) is 3. The minimum atomic E-state index is -4.72. The summed E-state index contributed by atoms with van der Waals surface area (Å²) >= 11 is 0.